The van der Waals surface area contributed by atoms with Gasteiger partial charge in [-0.2, -0.15) is 15.2 Å². The lowest BCUT2D eigenvalue weighted by molar-refractivity contribution is 0.0985. The van der Waals surface area contributed by atoms with E-state index in [-0.39, 0.29) is 0 Å². The molecule has 0 radical (unpaired) electrons. The van der Waals surface area contributed by atoms with E-state index in [0.29, 0.717) is 18.5 Å². The monoisotopic (exact) mass is 405 g/mol. The standard InChI is InChI=1S/C20H23N9O/c1-14-13-30-7-6-28(14)18-5-3-4-16(24-18)12-29-19-15(9-23-29)8-21-20(26-19)25-17-10-22-27(2)11-17/h3-5,8-11,14H,6-7,12-13H2,1-2H3,(H,21,25,26). The molecule has 1 fully saturated rings. The Hall–Kier alpha value is -3.53. The van der Waals surface area contributed by atoms with Gasteiger partial charge in [0.1, 0.15) is 5.82 Å². The number of fused-ring (bicyclic) bond motifs is 1. The predicted molar refractivity (Wildman–Crippen MR) is 113 cm³/mol. The van der Waals surface area contributed by atoms with Gasteiger partial charge in [-0.05, 0) is 19.1 Å². The van der Waals surface area contributed by atoms with Crippen LogP contribution in [0.5, 0.6) is 0 Å². The van der Waals surface area contributed by atoms with Gasteiger partial charge in [0.15, 0.2) is 5.65 Å². The summed E-state index contributed by atoms with van der Waals surface area (Å²) >= 11 is 0. The highest BCUT2D eigenvalue weighted by molar-refractivity contribution is 5.75. The van der Waals surface area contributed by atoms with E-state index in [1.807, 2.05) is 36.1 Å². The number of rotatable bonds is 5. The number of morpholine rings is 1. The highest BCUT2D eigenvalue weighted by Crippen LogP contribution is 2.20. The number of nitrogens with one attached hydrogen (secondary N) is 1. The highest BCUT2D eigenvalue weighted by Gasteiger charge is 2.20. The van der Waals surface area contributed by atoms with E-state index in [1.165, 1.54) is 0 Å². The van der Waals surface area contributed by atoms with Crippen molar-refractivity contribution in [3.63, 3.8) is 0 Å². The van der Waals surface area contributed by atoms with Gasteiger partial charge in [0, 0.05) is 26.0 Å². The quantitative estimate of drug-likeness (QED) is 0.538. The van der Waals surface area contributed by atoms with Gasteiger partial charge in [-0.3, -0.25) is 4.68 Å². The van der Waals surface area contributed by atoms with Gasteiger partial charge >= 0.3 is 0 Å². The molecule has 0 aromatic carbocycles. The molecular weight excluding hydrogens is 382 g/mol. The van der Waals surface area contributed by atoms with E-state index >= 15 is 0 Å². The fourth-order valence-electron chi connectivity index (χ4n) is 3.59. The van der Waals surface area contributed by atoms with E-state index < -0.39 is 0 Å². The topological polar surface area (TPSA) is 98.8 Å². The molecule has 5 heterocycles. The van der Waals surface area contributed by atoms with Crippen LogP contribution in [0.3, 0.4) is 0 Å². The van der Waals surface area contributed by atoms with Crippen molar-refractivity contribution < 1.29 is 4.74 Å². The minimum absolute atomic E-state index is 0.306. The van der Waals surface area contributed by atoms with Crippen LogP contribution >= 0.6 is 0 Å². The summed E-state index contributed by atoms with van der Waals surface area (Å²) in [6.07, 6.45) is 7.14. The summed E-state index contributed by atoms with van der Waals surface area (Å²) in [7, 11) is 1.86. The molecule has 1 aliphatic rings. The first kappa shape index (κ1) is 18.5. The summed E-state index contributed by atoms with van der Waals surface area (Å²) < 4.78 is 9.11. The van der Waals surface area contributed by atoms with Crippen LogP contribution in [0.2, 0.25) is 0 Å². The second kappa shape index (κ2) is 7.71. The summed E-state index contributed by atoms with van der Waals surface area (Å²) in [5, 5.41) is 12.7. The molecule has 1 aliphatic heterocycles. The molecule has 30 heavy (non-hydrogen) atoms. The molecule has 10 nitrogen and oxygen atoms in total. The molecule has 154 valence electrons. The fourth-order valence-corrected chi connectivity index (χ4v) is 3.59. The molecule has 0 aliphatic carbocycles. The lowest BCUT2D eigenvalue weighted by Crippen LogP contribution is -2.44. The molecule has 4 aromatic rings. The Morgan fingerprint density at radius 2 is 2.10 bits per heavy atom. The maximum Gasteiger partial charge on any atom is 0.229 e. The fraction of sp³-hybridized carbons (Fsp3) is 0.350. The maximum atomic E-state index is 5.54. The third kappa shape index (κ3) is 3.69. The number of aryl methyl sites for hydroxylation is 1. The van der Waals surface area contributed by atoms with Crippen LogP contribution in [0.15, 0.2) is 43.0 Å². The number of aromatic nitrogens is 7. The van der Waals surface area contributed by atoms with Crippen molar-refractivity contribution in [1.29, 1.82) is 0 Å². The molecule has 1 unspecified atom stereocenters. The minimum Gasteiger partial charge on any atom is -0.377 e. The van der Waals surface area contributed by atoms with Crippen LogP contribution < -0.4 is 10.2 Å². The summed E-state index contributed by atoms with van der Waals surface area (Å²) in [5.41, 5.74) is 2.51. The second-order valence-corrected chi connectivity index (χ2v) is 7.41. The SMILES string of the molecule is CC1COCCN1c1cccc(Cn2ncc3cnc(Nc4cnn(C)c4)nc32)n1. The average molecular weight is 405 g/mol. The Labute approximate surface area is 173 Å². The van der Waals surface area contributed by atoms with Crippen LogP contribution in [-0.2, 0) is 18.3 Å². The maximum absolute atomic E-state index is 5.54. The zero-order chi connectivity index (χ0) is 20.5. The van der Waals surface area contributed by atoms with Gasteiger partial charge in [-0.1, -0.05) is 6.07 Å². The molecule has 1 saturated heterocycles. The minimum atomic E-state index is 0.306. The van der Waals surface area contributed by atoms with Crippen molar-refractivity contribution >= 4 is 28.5 Å². The molecule has 0 spiro atoms. The van der Waals surface area contributed by atoms with Crippen LogP contribution in [0, 0.1) is 0 Å². The van der Waals surface area contributed by atoms with E-state index in [1.54, 1.807) is 23.3 Å². The van der Waals surface area contributed by atoms with Gasteiger partial charge in [-0.15, -0.1) is 0 Å². The number of hydrogen-bond acceptors (Lipinski definition) is 8. The Bertz CT molecular complexity index is 1170. The molecule has 1 atom stereocenters. The van der Waals surface area contributed by atoms with Crippen molar-refractivity contribution in [2.24, 2.45) is 7.05 Å². The Balaban J connectivity index is 1.40. The van der Waals surface area contributed by atoms with Crippen molar-refractivity contribution in [1.82, 2.24) is 34.5 Å². The van der Waals surface area contributed by atoms with Gasteiger partial charge in [0.25, 0.3) is 0 Å². The number of anilines is 3. The Kier molecular flexibility index (Phi) is 4.75. The van der Waals surface area contributed by atoms with Gasteiger partial charge < -0.3 is 15.0 Å². The summed E-state index contributed by atoms with van der Waals surface area (Å²) in [6.45, 7) is 4.98. The van der Waals surface area contributed by atoms with E-state index in [4.69, 9.17) is 9.72 Å². The predicted octanol–water partition coefficient (Wildman–Crippen LogP) is 1.97. The number of pyridine rings is 1. The van der Waals surface area contributed by atoms with E-state index in [2.05, 4.69) is 37.3 Å². The van der Waals surface area contributed by atoms with Gasteiger partial charge in [0.05, 0.1) is 55.0 Å². The van der Waals surface area contributed by atoms with Crippen LogP contribution in [0.1, 0.15) is 12.6 Å². The Morgan fingerprint density at radius 1 is 1.17 bits per heavy atom. The first-order valence-electron chi connectivity index (χ1n) is 9.90. The molecular formula is C20H23N9O. The first-order chi connectivity index (χ1) is 14.7. The summed E-state index contributed by atoms with van der Waals surface area (Å²) in [6, 6.07) is 6.40. The van der Waals surface area contributed by atoms with Crippen LogP contribution in [-0.4, -0.2) is 60.3 Å². The lowest BCUT2D eigenvalue weighted by atomic mass is 10.2. The second-order valence-electron chi connectivity index (χ2n) is 7.41. The average Bonchev–Trinajstić information content (AvgIpc) is 3.34. The summed E-state index contributed by atoms with van der Waals surface area (Å²) in [5.74, 6) is 1.47. The van der Waals surface area contributed by atoms with Crippen LogP contribution in [0.25, 0.3) is 11.0 Å². The first-order valence-corrected chi connectivity index (χ1v) is 9.90. The smallest absolute Gasteiger partial charge is 0.229 e. The molecule has 0 saturated carbocycles. The zero-order valence-corrected chi connectivity index (χ0v) is 16.9. The number of ether oxygens (including phenoxy) is 1. The summed E-state index contributed by atoms with van der Waals surface area (Å²) in [4.78, 5) is 16.2. The molecule has 4 aromatic heterocycles. The largest absolute Gasteiger partial charge is 0.377 e. The molecule has 1 N–H and O–H groups in total. The van der Waals surface area contributed by atoms with E-state index in [0.717, 1.165) is 48.0 Å². The molecule has 0 amide bonds. The third-order valence-corrected chi connectivity index (χ3v) is 5.10. The van der Waals surface area contributed by atoms with Crippen molar-refractivity contribution in [3.8, 4) is 0 Å². The van der Waals surface area contributed by atoms with Crippen molar-refractivity contribution in [2.75, 3.05) is 30.0 Å². The Morgan fingerprint density at radius 3 is 2.93 bits per heavy atom. The van der Waals surface area contributed by atoms with E-state index in [9.17, 15) is 0 Å². The molecule has 10 heteroatoms. The number of nitrogens with zero attached hydrogens (tertiary/aromatic N) is 8. The highest BCUT2D eigenvalue weighted by atomic mass is 16.5. The molecule has 5 rings (SSSR count). The molecule has 0 bridgehead atoms. The van der Waals surface area contributed by atoms with Gasteiger partial charge in [0.2, 0.25) is 5.95 Å². The van der Waals surface area contributed by atoms with Gasteiger partial charge in [-0.25, -0.2) is 14.6 Å². The van der Waals surface area contributed by atoms with Crippen LogP contribution in [0.4, 0.5) is 17.5 Å². The van der Waals surface area contributed by atoms with Crippen molar-refractivity contribution in [2.45, 2.75) is 19.5 Å². The number of hydrogen-bond donors (Lipinski definition) is 1. The van der Waals surface area contributed by atoms with Crippen molar-refractivity contribution in [3.05, 3.63) is 48.7 Å². The zero-order valence-electron chi connectivity index (χ0n) is 16.9. The normalized spacial score (nSPS) is 16.9. The lowest BCUT2D eigenvalue weighted by Gasteiger charge is -2.34. The third-order valence-electron chi connectivity index (χ3n) is 5.10.